The second kappa shape index (κ2) is 7.06. The fourth-order valence-corrected chi connectivity index (χ4v) is 4.87. The zero-order valence-electron chi connectivity index (χ0n) is 15.4. The van der Waals surface area contributed by atoms with Gasteiger partial charge >= 0.3 is 0 Å². The minimum atomic E-state index is 0.344. The van der Waals surface area contributed by atoms with Crippen LogP contribution >= 0.6 is 0 Å². The standard InChI is InChI=1S/C19H30N4O2/c1-2-16-20-21-17(25-16)13-22-11-9-19(10-12-22)8-7-18(24)23(14-19)15-5-3-4-6-15/h15H,2-14H2,1H3. The molecule has 1 aromatic rings. The summed E-state index contributed by atoms with van der Waals surface area (Å²) in [6, 6.07) is 0.522. The van der Waals surface area contributed by atoms with Crippen molar-refractivity contribution in [2.24, 2.45) is 5.41 Å². The maximum atomic E-state index is 12.4. The van der Waals surface area contributed by atoms with Crippen LogP contribution in [0.4, 0.5) is 0 Å². The Hall–Kier alpha value is -1.43. The summed E-state index contributed by atoms with van der Waals surface area (Å²) in [5.41, 5.74) is 0.344. The summed E-state index contributed by atoms with van der Waals surface area (Å²) in [5.74, 6) is 1.86. The number of likely N-dealkylation sites (tertiary alicyclic amines) is 2. The summed E-state index contributed by atoms with van der Waals surface area (Å²) in [5, 5.41) is 8.21. The van der Waals surface area contributed by atoms with Crippen LogP contribution in [0.15, 0.2) is 4.42 Å². The number of aromatic nitrogens is 2. The van der Waals surface area contributed by atoms with Crippen molar-refractivity contribution in [2.75, 3.05) is 19.6 Å². The first-order chi connectivity index (χ1) is 12.2. The molecule has 0 radical (unpaired) electrons. The first kappa shape index (κ1) is 17.0. The first-order valence-electron chi connectivity index (χ1n) is 10.0. The molecule has 3 aliphatic rings. The van der Waals surface area contributed by atoms with E-state index in [1.54, 1.807) is 0 Å². The summed E-state index contributed by atoms with van der Waals surface area (Å²) in [7, 11) is 0. The zero-order valence-corrected chi connectivity index (χ0v) is 15.4. The van der Waals surface area contributed by atoms with Crippen LogP contribution < -0.4 is 0 Å². The molecular weight excluding hydrogens is 316 g/mol. The maximum absolute atomic E-state index is 12.4. The molecule has 1 saturated carbocycles. The Balaban J connectivity index is 1.34. The van der Waals surface area contributed by atoms with Gasteiger partial charge in [-0.3, -0.25) is 9.69 Å². The van der Waals surface area contributed by atoms with Crippen LogP contribution in [0, 0.1) is 5.41 Å². The van der Waals surface area contributed by atoms with E-state index < -0.39 is 0 Å². The van der Waals surface area contributed by atoms with Gasteiger partial charge in [0.15, 0.2) is 0 Å². The van der Waals surface area contributed by atoms with Crippen molar-refractivity contribution >= 4 is 5.91 Å². The van der Waals surface area contributed by atoms with Gasteiger partial charge in [0.25, 0.3) is 0 Å². The van der Waals surface area contributed by atoms with E-state index in [1.165, 1.54) is 38.5 Å². The smallest absolute Gasteiger partial charge is 0.230 e. The summed E-state index contributed by atoms with van der Waals surface area (Å²) >= 11 is 0. The molecule has 1 aromatic heterocycles. The quantitative estimate of drug-likeness (QED) is 0.839. The molecule has 1 amide bonds. The second-order valence-corrected chi connectivity index (χ2v) is 8.18. The highest BCUT2D eigenvalue weighted by atomic mass is 16.4. The van der Waals surface area contributed by atoms with Gasteiger partial charge in [0.05, 0.1) is 6.54 Å². The number of rotatable bonds is 4. The Labute approximate surface area is 150 Å². The topological polar surface area (TPSA) is 62.5 Å². The predicted molar refractivity (Wildman–Crippen MR) is 93.8 cm³/mol. The Morgan fingerprint density at radius 3 is 2.52 bits per heavy atom. The Kier molecular flexibility index (Phi) is 4.80. The summed E-state index contributed by atoms with van der Waals surface area (Å²) in [6.45, 7) is 5.91. The number of nitrogens with zero attached hydrogens (tertiary/aromatic N) is 4. The van der Waals surface area contributed by atoms with Gasteiger partial charge in [0.2, 0.25) is 17.7 Å². The first-order valence-corrected chi connectivity index (χ1v) is 10.0. The van der Waals surface area contributed by atoms with Crippen molar-refractivity contribution in [1.29, 1.82) is 0 Å². The molecule has 0 atom stereocenters. The van der Waals surface area contributed by atoms with Crippen molar-refractivity contribution in [3.05, 3.63) is 11.8 Å². The van der Waals surface area contributed by atoms with Gasteiger partial charge < -0.3 is 9.32 Å². The summed E-state index contributed by atoms with van der Waals surface area (Å²) in [4.78, 5) is 17.1. The second-order valence-electron chi connectivity index (χ2n) is 8.18. The third-order valence-electron chi connectivity index (χ3n) is 6.55. The van der Waals surface area contributed by atoms with E-state index >= 15 is 0 Å². The lowest BCUT2D eigenvalue weighted by Crippen LogP contribution is -2.53. The SMILES string of the molecule is CCc1nnc(CN2CCC3(CCC(=O)N(C4CCCC4)C3)CC2)o1. The molecule has 6 heteroatoms. The van der Waals surface area contributed by atoms with Gasteiger partial charge in [0, 0.05) is 25.4 Å². The average molecular weight is 346 g/mol. The van der Waals surface area contributed by atoms with Crippen LogP contribution in [0.5, 0.6) is 0 Å². The van der Waals surface area contributed by atoms with Gasteiger partial charge in [-0.25, -0.2) is 0 Å². The molecule has 2 saturated heterocycles. The molecule has 1 spiro atoms. The van der Waals surface area contributed by atoms with Gasteiger partial charge in [0.1, 0.15) is 0 Å². The molecule has 6 nitrogen and oxygen atoms in total. The number of piperidine rings is 2. The summed E-state index contributed by atoms with van der Waals surface area (Å²) < 4.78 is 5.65. The molecule has 138 valence electrons. The highest BCUT2D eigenvalue weighted by Gasteiger charge is 2.43. The lowest BCUT2D eigenvalue weighted by Gasteiger charge is -2.48. The lowest BCUT2D eigenvalue weighted by molar-refractivity contribution is -0.142. The number of amides is 1. The molecule has 1 aliphatic carbocycles. The van der Waals surface area contributed by atoms with E-state index in [1.807, 2.05) is 6.92 Å². The third-order valence-corrected chi connectivity index (χ3v) is 6.55. The normalized spacial score (nSPS) is 25.2. The van der Waals surface area contributed by atoms with Crippen LogP contribution in [-0.4, -0.2) is 51.6 Å². The number of aryl methyl sites for hydroxylation is 1. The van der Waals surface area contributed by atoms with E-state index in [0.717, 1.165) is 57.2 Å². The fourth-order valence-electron chi connectivity index (χ4n) is 4.87. The molecule has 25 heavy (non-hydrogen) atoms. The molecule has 3 fully saturated rings. The minimum Gasteiger partial charge on any atom is -0.424 e. The third kappa shape index (κ3) is 3.59. The molecule has 2 aliphatic heterocycles. The van der Waals surface area contributed by atoms with Gasteiger partial charge in [-0.05, 0) is 50.6 Å². The minimum absolute atomic E-state index is 0.344. The van der Waals surface area contributed by atoms with E-state index in [9.17, 15) is 4.79 Å². The number of hydrogen-bond acceptors (Lipinski definition) is 5. The number of carbonyl (C=O) groups is 1. The molecule has 0 aromatic carbocycles. The summed E-state index contributed by atoms with van der Waals surface area (Å²) in [6.07, 6.45) is 9.98. The van der Waals surface area contributed by atoms with Crippen LogP contribution in [-0.2, 0) is 17.8 Å². The van der Waals surface area contributed by atoms with Crippen molar-refractivity contribution < 1.29 is 9.21 Å². The molecule has 3 heterocycles. The van der Waals surface area contributed by atoms with Crippen LogP contribution in [0.3, 0.4) is 0 Å². The zero-order chi connectivity index (χ0) is 17.3. The molecule has 0 N–H and O–H groups in total. The molecule has 4 rings (SSSR count). The average Bonchev–Trinajstić information content (AvgIpc) is 3.31. The highest BCUT2D eigenvalue weighted by molar-refractivity contribution is 5.77. The molecule has 0 bridgehead atoms. The maximum Gasteiger partial charge on any atom is 0.230 e. The Morgan fingerprint density at radius 2 is 1.84 bits per heavy atom. The van der Waals surface area contributed by atoms with Gasteiger partial charge in [-0.2, -0.15) is 0 Å². The van der Waals surface area contributed by atoms with Crippen molar-refractivity contribution in [3.8, 4) is 0 Å². The van der Waals surface area contributed by atoms with E-state index in [-0.39, 0.29) is 0 Å². The Bertz CT molecular complexity index is 600. The Morgan fingerprint density at radius 1 is 1.12 bits per heavy atom. The predicted octanol–water partition coefficient (Wildman–Crippen LogP) is 2.78. The van der Waals surface area contributed by atoms with Crippen molar-refractivity contribution in [3.63, 3.8) is 0 Å². The highest BCUT2D eigenvalue weighted by Crippen LogP contribution is 2.42. The molecule has 0 unspecified atom stereocenters. The van der Waals surface area contributed by atoms with Gasteiger partial charge in [-0.1, -0.05) is 19.8 Å². The lowest BCUT2D eigenvalue weighted by atomic mass is 9.72. The van der Waals surface area contributed by atoms with Crippen LogP contribution in [0.25, 0.3) is 0 Å². The van der Waals surface area contributed by atoms with E-state index in [4.69, 9.17) is 4.42 Å². The molecular formula is C19H30N4O2. The van der Waals surface area contributed by atoms with Crippen molar-refractivity contribution in [1.82, 2.24) is 20.0 Å². The van der Waals surface area contributed by atoms with Crippen LogP contribution in [0.2, 0.25) is 0 Å². The monoisotopic (exact) mass is 346 g/mol. The van der Waals surface area contributed by atoms with Gasteiger partial charge in [-0.15, -0.1) is 10.2 Å². The number of hydrogen-bond donors (Lipinski definition) is 0. The largest absolute Gasteiger partial charge is 0.424 e. The fraction of sp³-hybridized carbons (Fsp3) is 0.842. The van der Waals surface area contributed by atoms with Crippen molar-refractivity contribution in [2.45, 2.75) is 77.3 Å². The number of carbonyl (C=O) groups excluding carboxylic acids is 1. The van der Waals surface area contributed by atoms with E-state index in [0.29, 0.717) is 17.4 Å². The van der Waals surface area contributed by atoms with Crippen LogP contribution in [0.1, 0.15) is 70.1 Å². The van der Waals surface area contributed by atoms with E-state index in [2.05, 4.69) is 20.0 Å².